The molecule has 0 aromatic rings. The first-order valence-electron chi connectivity index (χ1n) is 7.96. The summed E-state index contributed by atoms with van der Waals surface area (Å²) in [4.78, 5) is 11.2. The second-order valence-electron chi connectivity index (χ2n) is 5.24. The summed E-state index contributed by atoms with van der Waals surface area (Å²) in [6, 6.07) is 3.31. The molecule has 0 aromatic heterocycles. The van der Waals surface area contributed by atoms with E-state index in [-0.39, 0.29) is 6.10 Å². The van der Waals surface area contributed by atoms with Crippen molar-refractivity contribution in [1.29, 1.82) is 0 Å². The molecule has 0 saturated heterocycles. The van der Waals surface area contributed by atoms with Crippen LogP contribution in [-0.4, -0.2) is 20.7 Å². The van der Waals surface area contributed by atoms with E-state index in [4.69, 9.17) is 4.43 Å². The second-order valence-corrected chi connectivity index (χ2v) is 9.96. The molecule has 0 fully saturated rings. The number of unbranched alkanes of at least 4 members (excludes halogenated alkanes) is 3. The highest BCUT2D eigenvalue weighted by atomic mass is 28.4. The van der Waals surface area contributed by atoms with Crippen LogP contribution in [0.3, 0.4) is 0 Å². The van der Waals surface area contributed by atoms with Gasteiger partial charge in [0.25, 0.3) is 0 Å². The topological polar surface area (TPSA) is 26.3 Å². The van der Waals surface area contributed by atoms with Crippen LogP contribution in [0, 0.1) is 0 Å². The Morgan fingerprint density at radius 3 is 2.11 bits per heavy atom. The van der Waals surface area contributed by atoms with Crippen molar-refractivity contribution in [3.8, 4) is 0 Å². The van der Waals surface area contributed by atoms with Gasteiger partial charge in [-0.25, -0.2) is 0 Å². The molecule has 3 heteroatoms. The van der Waals surface area contributed by atoms with Gasteiger partial charge in [0.1, 0.15) is 12.4 Å². The van der Waals surface area contributed by atoms with E-state index >= 15 is 0 Å². The highest BCUT2D eigenvalue weighted by molar-refractivity contribution is 6.73. The van der Waals surface area contributed by atoms with Crippen molar-refractivity contribution < 1.29 is 9.22 Å². The molecule has 1 atom stereocenters. The average Bonchev–Trinajstić information content (AvgIpc) is 2.46. The van der Waals surface area contributed by atoms with Crippen LogP contribution in [0.5, 0.6) is 0 Å². The van der Waals surface area contributed by atoms with Crippen molar-refractivity contribution in [1.82, 2.24) is 0 Å². The minimum absolute atomic E-state index is 0.228. The number of hydrogen-bond acceptors (Lipinski definition) is 2. The van der Waals surface area contributed by atoms with E-state index in [0.717, 1.165) is 37.3 Å². The fourth-order valence-corrected chi connectivity index (χ4v) is 5.11. The first kappa shape index (κ1) is 18.6. The molecule has 0 amide bonds. The van der Waals surface area contributed by atoms with Crippen molar-refractivity contribution in [2.45, 2.75) is 84.0 Å². The van der Waals surface area contributed by atoms with Crippen LogP contribution in [0.2, 0.25) is 18.1 Å². The third-order valence-electron chi connectivity index (χ3n) is 4.00. The van der Waals surface area contributed by atoms with E-state index in [0.29, 0.717) is 0 Å². The number of rotatable bonds is 12. The van der Waals surface area contributed by atoms with Gasteiger partial charge in [-0.3, -0.25) is 0 Å². The average molecular weight is 285 g/mol. The molecule has 0 radical (unpaired) electrons. The highest BCUT2D eigenvalue weighted by Crippen LogP contribution is 2.23. The van der Waals surface area contributed by atoms with Crippen LogP contribution in [0.15, 0.2) is 12.2 Å². The van der Waals surface area contributed by atoms with E-state index < -0.39 is 8.32 Å². The van der Waals surface area contributed by atoms with E-state index in [2.05, 4.69) is 39.8 Å². The third kappa shape index (κ3) is 7.68. The Bertz CT molecular complexity index is 239. The van der Waals surface area contributed by atoms with Crippen LogP contribution in [-0.2, 0) is 9.22 Å². The molecule has 0 heterocycles. The lowest BCUT2D eigenvalue weighted by molar-refractivity contribution is -0.114. The van der Waals surface area contributed by atoms with Crippen molar-refractivity contribution in [3.63, 3.8) is 0 Å². The van der Waals surface area contributed by atoms with Gasteiger partial charge in [0.15, 0.2) is 8.32 Å². The molecule has 0 N–H and O–H groups in total. The Hall–Kier alpha value is -0.413. The summed E-state index contributed by atoms with van der Waals surface area (Å²) in [7, 11) is -1.65. The molecule has 0 saturated carbocycles. The van der Waals surface area contributed by atoms with Gasteiger partial charge in [-0.15, -0.1) is 0 Å². The van der Waals surface area contributed by atoms with Crippen molar-refractivity contribution >= 4 is 14.6 Å². The molecule has 2 nitrogen and oxygen atoms in total. The lowest BCUT2D eigenvalue weighted by atomic mass is 10.2. The summed E-state index contributed by atoms with van der Waals surface area (Å²) in [6.07, 6.45) is 10.7. The Morgan fingerprint density at radius 2 is 1.63 bits per heavy atom. The minimum Gasteiger partial charge on any atom is -0.407 e. The van der Waals surface area contributed by atoms with E-state index in [1.807, 2.05) is 0 Å². The van der Waals surface area contributed by atoms with Crippen molar-refractivity contribution in [2.24, 2.45) is 0 Å². The van der Waals surface area contributed by atoms with Crippen LogP contribution < -0.4 is 0 Å². The number of allylic oxidation sites excluding steroid dienone is 1. The summed E-state index contributed by atoms with van der Waals surface area (Å²) < 4.78 is 6.18. The maximum Gasteiger partial charge on any atom is 0.193 e. The molecule has 0 aliphatic rings. The Kier molecular flexibility index (Phi) is 11.2. The van der Waals surface area contributed by atoms with Gasteiger partial charge in [-0.2, -0.15) is 0 Å². The lowest BCUT2D eigenvalue weighted by Crippen LogP contribution is -2.40. The predicted octanol–water partition coefficient (Wildman–Crippen LogP) is 5.10. The standard InChI is InChI=1S/C16H32O2Si/c1-5-9-10-11-12-13-14-16(15-17)18-19(6-2,7-3)8-4/h12-13,15-16H,5-11,14H2,1-4H3/b13-12+/t16-/m1/s1. The molecule has 112 valence electrons. The van der Waals surface area contributed by atoms with Gasteiger partial charge >= 0.3 is 0 Å². The van der Waals surface area contributed by atoms with E-state index in [1.165, 1.54) is 19.3 Å². The molecular weight excluding hydrogens is 252 g/mol. The molecule has 0 aliphatic carbocycles. The predicted molar refractivity (Wildman–Crippen MR) is 86.0 cm³/mol. The first-order valence-corrected chi connectivity index (χ1v) is 10.5. The molecule has 0 aromatic carbocycles. The summed E-state index contributed by atoms with van der Waals surface area (Å²) in [5.74, 6) is 0. The van der Waals surface area contributed by atoms with Crippen LogP contribution >= 0.6 is 0 Å². The Morgan fingerprint density at radius 1 is 1.00 bits per heavy atom. The first-order chi connectivity index (χ1) is 9.17. The Balaban J connectivity index is 4.16. The SMILES string of the molecule is CCCCC/C=C/C[C@H](C=O)O[Si](CC)(CC)CC. The van der Waals surface area contributed by atoms with Crippen LogP contribution in [0.1, 0.15) is 59.8 Å². The third-order valence-corrected chi connectivity index (χ3v) is 8.66. The Labute approximate surface area is 120 Å². The van der Waals surface area contributed by atoms with Gasteiger partial charge in [-0.1, -0.05) is 52.7 Å². The monoisotopic (exact) mass is 284 g/mol. The summed E-state index contributed by atoms with van der Waals surface area (Å²) in [5, 5.41) is 0. The molecule has 0 rings (SSSR count). The maximum absolute atomic E-state index is 11.2. The van der Waals surface area contributed by atoms with Gasteiger partial charge < -0.3 is 9.22 Å². The number of aldehydes is 1. The number of hydrogen-bond donors (Lipinski definition) is 0. The smallest absolute Gasteiger partial charge is 0.193 e. The summed E-state index contributed by atoms with van der Waals surface area (Å²) in [5.41, 5.74) is 0. The molecule has 0 spiro atoms. The lowest BCUT2D eigenvalue weighted by Gasteiger charge is -2.30. The zero-order valence-electron chi connectivity index (χ0n) is 13.3. The minimum atomic E-state index is -1.65. The zero-order valence-corrected chi connectivity index (χ0v) is 14.3. The second kappa shape index (κ2) is 11.4. The largest absolute Gasteiger partial charge is 0.407 e. The van der Waals surface area contributed by atoms with Crippen LogP contribution in [0.4, 0.5) is 0 Å². The molecule has 0 unspecified atom stereocenters. The summed E-state index contributed by atoms with van der Waals surface area (Å²) in [6.45, 7) is 8.80. The van der Waals surface area contributed by atoms with Gasteiger partial charge in [0.2, 0.25) is 0 Å². The fourth-order valence-electron chi connectivity index (χ4n) is 2.31. The van der Waals surface area contributed by atoms with Gasteiger partial charge in [0.05, 0.1) is 0 Å². The van der Waals surface area contributed by atoms with Gasteiger partial charge in [-0.05, 0) is 37.4 Å². The van der Waals surface area contributed by atoms with Gasteiger partial charge in [0, 0.05) is 0 Å². The zero-order chi connectivity index (χ0) is 14.6. The molecule has 0 bridgehead atoms. The van der Waals surface area contributed by atoms with Crippen LogP contribution in [0.25, 0.3) is 0 Å². The normalized spacial score (nSPS) is 13.9. The molecular formula is C16H32O2Si. The van der Waals surface area contributed by atoms with E-state index in [1.54, 1.807) is 0 Å². The maximum atomic E-state index is 11.2. The summed E-state index contributed by atoms with van der Waals surface area (Å²) >= 11 is 0. The number of carbonyl (C=O) groups excluding carboxylic acids is 1. The molecule has 0 aliphatic heterocycles. The molecule has 19 heavy (non-hydrogen) atoms. The van der Waals surface area contributed by atoms with Crippen molar-refractivity contribution in [3.05, 3.63) is 12.2 Å². The van der Waals surface area contributed by atoms with E-state index in [9.17, 15) is 4.79 Å². The number of carbonyl (C=O) groups is 1. The van der Waals surface area contributed by atoms with Crippen molar-refractivity contribution in [2.75, 3.05) is 0 Å². The highest BCUT2D eigenvalue weighted by Gasteiger charge is 2.31. The quantitative estimate of drug-likeness (QED) is 0.216. The fraction of sp³-hybridized carbons (Fsp3) is 0.812.